The summed E-state index contributed by atoms with van der Waals surface area (Å²) in [7, 11) is 0. The minimum atomic E-state index is -0.461. The Labute approximate surface area is 72.7 Å². The zero-order chi connectivity index (χ0) is 9.14. The Hall–Kier alpha value is -0.570. The van der Waals surface area contributed by atoms with Crippen molar-refractivity contribution < 1.29 is 14.6 Å². The Morgan fingerprint density at radius 1 is 1.50 bits per heavy atom. The summed E-state index contributed by atoms with van der Waals surface area (Å²) in [6, 6.07) is 0. The highest BCUT2D eigenvalue weighted by Gasteiger charge is 2.31. The van der Waals surface area contributed by atoms with E-state index in [1.807, 2.05) is 6.92 Å². The molecule has 1 saturated carbocycles. The molecule has 70 valence electrons. The number of aliphatic hydroxyl groups excluding tert-OH is 1. The summed E-state index contributed by atoms with van der Waals surface area (Å²) >= 11 is 0. The van der Waals surface area contributed by atoms with Crippen LogP contribution in [0.1, 0.15) is 33.1 Å². The van der Waals surface area contributed by atoms with Crippen LogP contribution in [0.25, 0.3) is 0 Å². The van der Waals surface area contributed by atoms with Crippen molar-refractivity contribution in [1.29, 1.82) is 0 Å². The first-order valence-electron chi connectivity index (χ1n) is 4.46. The lowest BCUT2D eigenvalue weighted by Gasteiger charge is -2.32. The van der Waals surface area contributed by atoms with Gasteiger partial charge in [-0.05, 0) is 18.8 Å². The third-order valence-electron chi connectivity index (χ3n) is 2.40. The molecule has 0 bridgehead atoms. The van der Waals surface area contributed by atoms with E-state index in [9.17, 15) is 9.90 Å². The molecule has 1 fully saturated rings. The highest BCUT2D eigenvalue weighted by atomic mass is 16.6. The molecule has 0 aromatic heterocycles. The normalized spacial score (nSPS) is 36.1. The fourth-order valence-corrected chi connectivity index (χ4v) is 1.74. The van der Waals surface area contributed by atoms with Gasteiger partial charge in [0.1, 0.15) is 6.10 Å². The lowest BCUT2D eigenvalue weighted by atomic mass is 9.86. The second-order valence-corrected chi connectivity index (χ2v) is 3.55. The molecule has 0 aliphatic heterocycles. The van der Waals surface area contributed by atoms with Crippen LogP contribution < -0.4 is 0 Å². The number of rotatable bonds is 1. The van der Waals surface area contributed by atoms with Gasteiger partial charge in [0.2, 0.25) is 0 Å². The summed E-state index contributed by atoms with van der Waals surface area (Å²) in [6.07, 6.45) is 2.08. The predicted octanol–water partition coefficient (Wildman–Crippen LogP) is 1.10. The van der Waals surface area contributed by atoms with E-state index < -0.39 is 6.10 Å². The monoisotopic (exact) mass is 172 g/mol. The maximum atomic E-state index is 10.7. The average Bonchev–Trinajstić information content (AvgIpc) is 1.97. The van der Waals surface area contributed by atoms with Crippen LogP contribution in [-0.4, -0.2) is 23.3 Å². The van der Waals surface area contributed by atoms with Gasteiger partial charge >= 0.3 is 5.97 Å². The van der Waals surface area contributed by atoms with Crippen molar-refractivity contribution >= 4 is 5.97 Å². The molecule has 0 amide bonds. The molecule has 0 aromatic rings. The fourth-order valence-electron chi connectivity index (χ4n) is 1.74. The van der Waals surface area contributed by atoms with Gasteiger partial charge in [0.25, 0.3) is 0 Å². The van der Waals surface area contributed by atoms with Crippen molar-refractivity contribution in [3.8, 4) is 0 Å². The van der Waals surface area contributed by atoms with Gasteiger partial charge in [-0.3, -0.25) is 4.79 Å². The van der Waals surface area contributed by atoms with Crippen LogP contribution >= 0.6 is 0 Å². The summed E-state index contributed by atoms with van der Waals surface area (Å²) in [5.74, 6) is -0.00884. The molecule has 0 spiro atoms. The third kappa shape index (κ3) is 2.21. The summed E-state index contributed by atoms with van der Waals surface area (Å²) in [5.41, 5.74) is 0. The van der Waals surface area contributed by atoms with Gasteiger partial charge in [0.15, 0.2) is 0 Å². The van der Waals surface area contributed by atoms with Gasteiger partial charge in [-0.1, -0.05) is 13.3 Å². The first kappa shape index (κ1) is 9.52. The number of ether oxygens (including phenoxy) is 1. The number of aliphatic hydroxyl groups is 1. The fraction of sp³-hybridized carbons (Fsp3) is 0.889. The van der Waals surface area contributed by atoms with Crippen LogP contribution in [0.15, 0.2) is 0 Å². The molecule has 1 rings (SSSR count). The third-order valence-corrected chi connectivity index (χ3v) is 2.40. The van der Waals surface area contributed by atoms with E-state index in [1.54, 1.807) is 0 Å². The van der Waals surface area contributed by atoms with Crippen LogP contribution in [-0.2, 0) is 9.53 Å². The zero-order valence-corrected chi connectivity index (χ0v) is 7.62. The first-order chi connectivity index (χ1) is 5.61. The lowest BCUT2D eigenvalue weighted by Crippen LogP contribution is -2.39. The molecule has 1 aliphatic rings. The van der Waals surface area contributed by atoms with Gasteiger partial charge in [-0.15, -0.1) is 0 Å². The van der Waals surface area contributed by atoms with E-state index in [0.717, 1.165) is 19.3 Å². The van der Waals surface area contributed by atoms with Crippen molar-refractivity contribution in [2.45, 2.75) is 45.3 Å². The van der Waals surface area contributed by atoms with Crippen LogP contribution in [0.3, 0.4) is 0 Å². The van der Waals surface area contributed by atoms with Crippen molar-refractivity contribution in [3.63, 3.8) is 0 Å². The smallest absolute Gasteiger partial charge is 0.303 e. The van der Waals surface area contributed by atoms with Crippen molar-refractivity contribution in [3.05, 3.63) is 0 Å². The second kappa shape index (κ2) is 3.90. The van der Waals surface area contributed by atoms with E-state index >= 15 is 0 Å². The Morgan fingerprint density at radius 2 is 2.17 bits per heavy atom. The molecule has 0 radical (unpaired) electrons. The molecule has 0 aromatic carbocycles. The van der Waals surface area contributed by atoms with Crippen LogP contribution in [0.5, 0.6) is 0 Å². The lowest BCUT2D eigenvalue weighted by molar-refractivity contribution is -0.159. The Morgan fingerprint density at radius 3 is 2.67 bits per heavy atom. The standard InChI is InChI=1S/C9H16O3/c1-6-4-3-5-8(11)9(6)12-7(2)10/h6,8-9,11H,3-5H2,1-2H3. The van der Waals surface area contributed by atoms with Crippen LogP contribution in [0.4, 0.5) is 0 Å². The average molecular weight is 172 g/mol. The van der Waals surface area contributed by atoms with E-state index in [-0.39, 0.29) is 18.0 Å². The molecular weight excluding hydrogens is 156 g/mol. The quantitative estimate of drug-likeness (QED) is 0.602. The van der Waals surface area contributed by atoms with E-state index in [2.05, 4.69) is 0 Å². The SMILES string of the molecule is CC(=O)OC1C(C)CCCC1O. The molecule has 12 heavy (non-hydrogen) atoms. The van der Waals surface area contributed by atoms with E-state index in [1.165, 1.54) is 6.92 Å². The van der Waals surface area contributed by atoms with Crippen molar-refractivity contribution in [2.75, 3.05) is 0 Å². The van der Waals surface area contributed by atoms with Gasteiger partial charge in [-0.25, -0.2) is 0 Å². The van der Waals surface area contributed by atoms with Gasteiger partial charge in [0, 0.05) is 6.92 Å². The largest absolute Gasteiger partial charge is 0.460 e. The highest BCUT2D eigenvalue weighted by molar-refractivity contribution is 5.66. The summed E-state index contributed by atoms with van der Waals surface area (Å²) in [4.78, 5) is 10.7. The predicted molar refractivity (Wildman–Crippen MR) is 44.6 cm³/mol. The number of esters is 1. The maximum Gasteiger partial charge on any atom is 0.303 e. The summed E-state index contributed by atoms with van der Waals surface area (Å²) in [5, 5.41) is 9.51. The molecular formula is C9H16O3. The van der Waals surface area contributed by atoms with Gasteiger partial charge in [0.05, 0.1) is 6.10 Å². The number of hydrogen-bond acceptors (Lipinski definition) is 3. The second-order valence-electron chi connectivity index (χ2n) is 3.55. The summed E-state index contributed by atoms with van der Waals surface area (Å²) < 4.78 is 5.03. The van der Waals surface area contributed by atoms with E-state index in [0.29, 0.717) is 0 Å². The molecule has 0 heterocycles. The highest BCUT2D eigenvalue weighted by Crippen LogP contribution is 2.26. The Kier molecular flexibility index (Phi) is 3.09. The van der Waals surface area contributed by atoms with Crippen LogP contribution in [0.2, 0.25) is 0 Å². The topological polar surface area (TPSA) is 46.5 Å². The minimum Gasteiger partial charge on any atom is -0.460 e. The molecule has 1 N–H and O–H groups in total. The maximum absolute atomic E-state index is 10.7. The van der Waals surface area contributed by atoms with Crippen LogP contribution in [0, 0.1) is 5.92 Å². The molecule has 0 saturated heterocycles. The molecule has 3 atom stereocenters. The first-order valence-corrected chi connectivity index (χ1v) is 4.46. The van der Waals surface area contributed by atoms with Crippen molar-refractivity contribution in [1.82, 2.24) is 0 Å². The molecule has 1 aliphatic carbocycles. The number of carbonyl (C=O) groups excluding carboxylic acids is 1. The minimum absolute atomic E-state index is 0.281. The molecule has 3 heteroatoms. The van der Waals surface area contributed by atoms with E-state index in [4.69, 9.17) is 4.74 Å². The van der Waals surface area contributed by atoms with Gasteiger partial charge < -0.3 is 9.84 Å². The Bertz CT molecular complexity index is 157. The number of hydrogen-bond donors (Lipinski definition) is 1. The van der Waals surface area contributed by atoms with Gasteiger partial charge in [-0.2, -0.15) is 0 Å². The van der Waals surface area contributed by atoms with Crippen molar-refractivity contribution in [2.24, 2.45) is 5.92 Å². The molecule has 3 nitrogen and oxygen atoms in total. The summed E-state index contributed by atoms with van der Waals surface area (Å²) in [6.45, 7) is 3.39. The zero-order valence-electron chi connectivity index (χ0n) is 7.62. The number of carbonyl (C=O) groups is 1. The Balaban J connectivity index is 2.50. The molecule has 3 unspecified atom stereocenters.